The van der Waals surface area contributed by atoms with Crippen molar-refractivity contribution in [2.75, 3.05) is 12.3 Å². The first kappa shape index (κ1) is 11.7. The van der Waals surface area contributed by atoms with Crippen molar-refractivity contribution in [1.29, 1.82) is 0 Å². The molecule has 1 aromatic carbocycles. The first-order valence-corrected chi connectivity index (χ1v) is 5.24. The van der Waals surface area contributed by atoms with E-state index in [1.54, 1.807) is 12.1 Å². The van der Waals surface area contributed by atoms with Gasteiger partial charge >= 0.3 is 0 Å². The van der Waals surface area contributed by atoms with E-state index in [0.29, 0.717) is 17.1 Å². The molecule has 2 aromatic rings. The smallest absolute Gasteiger partial charge is 0.274 e. The van der Waals surface area contributed by atoms with E-state index in [-0.39, 0.29) is 18.1 Å². The maximum Gasteiger partial charge on any atom is 0.274 e. The third-order valence-electron chi connectivity index (χ3n) is 2.28. The number of nitrogen functional groups attached to an aromatic ring is 1. The van der Waals surface area contributed by atoms with Gasteiger partial charge in [0.15, 0.2) is 5.69 Å². The zero-order chi connectivity index (χ0) is 13.0. The van der Waals surface area contributed by atoms with Crippen LogP contribution in [0.2, 0.25) is 0 Å². The van der Waals surface area contributed by atoms with Crippen molar-refractivity contribution in [1.82, 2.24) is 10.3 Å². The van der Waals surface area contributed by atoms with Crippen LogP contribution in [0.25, 0.3) is 11.5 Å². The third kappa shape index (κ3) is 2.33. The van der Waals surface area contributed by atoms with Crippen LogP contribution in [-0.2, 0) is 0 Å². The Morgan fingerprint density at radius 2 is 2.28 bits per heavy atom. The first-order chi connectivity index (χ1) is 8.72. The molecule has 18 heavy (non-hydrogen) atoms. The molecule has 0 radical (unpaired) electrons. The number of nitrogens with one attached hydrogen (secondary N) is 1. The quantitative estimate of drug-likeness (QED) is 0.626. The van der Waals surface area contributed by atoms with Gasteiger partial charge in [0, 0.05) is 5.69 Å². The number of benzene rings is 1. The van der Waals surface area contributed by atoms with Crippen molar-refractivity contribution < 1.29 is 9.21 Å². The number of hydrogen-bond donors (Lipinski definition) is 2. The molecule has 0 aliphatic heterocycles. The lowest BCUT2D eigenvalue weighted by atomic mass is 10.2. The molecule has 0 spiro atoms. The molecule has 0 saturated carbocycles. The highest BCUT2D eigenvalue weighted by Gasteiger charge is 2.13. The number of nitrogens with zero attached hydrogens (tertiary/aromatic N) is 1. The molecule has 0 aliphatic carbocycles. The van der Waals surface area contributed by atoms with Crippen LogP contribution in [0.1, 0.15) is 10.5 Å². The average molecular weight is 241 g/mol. The number of amides is 1. The Morgan fingerprint density at radius 3 is 3.00 bits per heavy atom. The standard InChI is InChI=1S/C13H11N3O2/c1-2-7-15-12(17)11-8-18-13(16-11)9-5-3-4-6-10(9)14/h1,3-6,8H,7,14H2,(H,15,17). The van der Waals surface area contributed by atoms with Crippen molar-refractivity contribution in [3.63, 3.8) is 0 Å². The lowest BCUT2D eigenvalue weighted by molar-refractivity contribution is 0.0954. The summed E-state index contributed by atoms with van der Waals surface area (Å²) in [4.78, 5) is 15.6. The normalized spacial score (nSPS) is 9.72. The van der Waals surface area contributed by atoms with E-state index in [2.05, 4.69) is 16.2 Å². The van der Waals surface area contributed by atoms with Crippen molar-refractivity contribution in [2.24, 2.45) is 0 Å². The van der Waals surface area contributed by atoms with E-state index in [1.165, 1.54) is 6.26 Å². The van der Waals surface area contributed by atoms with Gasteiger partial charge in [0.25, 0.3) is 5.91 Å². The molecule has 5 nitrogen and oxygen atoms in total. The molecule has 3 N–H and O–H groups in total. The number of para-hydroxylation sites is 1. The molecule has 0 fully saturated rings. The molecule has 0 atom stereocenters. The van der Waals surface area contributed by atoms with Crippen LogP contribution in [0.4, 0.5) is 5.69 Å². The maximum atomic E-state index is 11.6. The van der Waals surface area contributed by atoms with Gasteiger partial charge in [-0.25, -0.2) is 4.98 Å². The topological polar surface area (TPSA) is 81.2 Å². The summed E-state index contributed by atoms with van der Waals surface area (Å²) in [6, 6.07) is 7.12. The molecule has 2 rings (SSSR count). The fourth-order valence-corrected chi connectivity index (χ4v) is 1.42. The van der Waals surface area contributed by atoms with E-state index in [9.17, 15) is 4.79 Å². The maximum absolute atomic E-state index is 11.6. The molecule has 5 heteroatoms. The Bertz CT molecular complexity index is 611. The molecule has 1 amide bonds. The van der Waals surface area contributed by atoms with Crippen LogP contribution in [-0.4, -0.2) is 17.4 Å². The highest BCUT2D eigenvalue weighted by molar-refractivity contribution is 5.92. The summed E-state index contributed by atoms with van der Waals surface area (Å²) in [5.41, 5.74) is 7.14. The van der Waals surface area contributed by atoms with Crippen LogP contribution < -0.4 is 11.1 Å². The monoisotopic (exact) mass is 241 g/mol. The molecule has 1 heterocycles. The third-order valence-corrected chi connectivity index (χ3v) is 2.28. The summed E-state index contributed by atoms with van der Waals surface area (Å²) >= 11 is 0. The molecule has 0 bridgehead atoms. The zero-order valence-corrected chi connectivity index (χ0v) is 9.51. The Hall–Kier alpha value is -2.74. The Labute approximate surface area is 104 Å². The van der Waals surface area contributed by atoms with Gasteiger partial charge in [-0.3, -0.25) is 4.79 Å². The van der Waals surface area contributed by atoms with E-state index in [0.717, 1.165) is 0 Å². The summed E-state index contributed by atoms with van der Waals surface area (Å²) < 4.78 is 5.23. The summed E-state index contributed by atoms with van der Waals surface area (Å²) in [7, 11) is 0. The first-order valence-electron chi connectivity index (χ1n) is 5.24. The van der Waals surface area contributed by atoms with Crippen molar-refractivity contribution >= 4 is 11.6 Å². The molecule has 0 saturated heterocycles. The highest BCUT2D eigenvalue weighted by atomic mass is 16.3. The summed E-state index contributed by atoms with van der Waals surface area (Å²) in [6.07, 6.45) is 6.32. The van der Waals surface area contributed by atoms with Gasteiger partial charge in [0.1, 0.15) is 6.26 Å². The van der Waals surface area contributed by atoms with Gasteiger partial charge in [-0.15, -0.1) is 6.42 Å². The lowest BCUT2D eigenvalue weighted by Gasteiger charge is -1.99. The lowest BCUT2D eigenvalue weighted by Crippen LogP contribution is -2.23. The number of anilines is 1. The summed E-state index contributed by atoms with van der Waals surface area (Å²) in [5.74, 6) is 2.23. The number of carbonyl (C=O) groups excluding carboxylic acids is 1. The van der Waals surface area contributed by atoms with Gasteiger partial charge in [-0.05, 0) is 12.1 Å². The minimum absolute atomic E-state index is 0.147. The van der Waals surface area contributed by atoms with E-state index < -0.39 is 0 Å². The Balaban J connectivity index is 2.24. The fourth-order valence-electron chi connectivity index (χ4n) is 1.42. The van der Waals surface area contributed by atoms with Gasteiger partial charge in [0.2, 0.25) is 5.89 Å². The Morgan fingerprint density at radius 1 is 1.50 bits per heavy atom. The SMILES string of the molecule is C#CCNC(=O)c1coc(-c2ccccc2N)n1. The predicted molar refractivity (Wildman–Crippen MR) is 67.5 cm³/mol. The number of nitrogens with two attached hydrogens (primary N) is 1. The summed E-state index contributed by atoms with van der Waals surface area (Å²) in [5, 5.41) is 2.50. The second-order valence-electron chi connectivity index (χ2n) is 3.51. The van der Waals surface area contributed by atoms with Gasteiger partial charge < -0.3 is 15.5 Å². The number of terminal acetylenes is 1. The number of oxazole rings is 1. The van der Waals surface area contributed by atoms with Crippen molar-refractivity contribution in [3.05, 3.63) is 36.2 Å². The minimum atomic E-state index is -0.377. The Kier molecular flexibility index (Phi) is 3.30. The van der Waals surface area contributed by atoms with Crippen LogP contribution in [0.3, 0.4) is 0 Å². The number of hydrogen-bond acceptors (Lipinski definition) is 4. The van der Waals surface area contributed by atoms with Crippen molar-refractivity contribution in [2.45, 2.75) is 0 Å². The second-order valence-corrected chi connectivity index (χ2v) is 3.51. The van der Waals surface area contributed by atoms with Crippen LogP contribution in [0, 0.1) is 12.3 Å². The molecular formula is C13H11N3O2. The second kappa shape index (κ2) is 5.06. The van der Waals surface area contributed by atoms with Crippen LogP contribution in [0.15, 0.2) is 34.9 Å². The van der Waals surface area contributed by atoms with E-state index in [1.807, 2.05) is 12.1 Å². The van der Waals surface area contributed by atoms with Crippen LogP contribution in [0.5, 0.6) is 0 Å². The molecular weight excluding hydrogens is 230 g/mol. The fraction of sp³-hybridized carbons (Fsp3) is 0.0769. The van der Waals surface area contributed by atoms with Gasteiger partial charge in [-0.1, -0.05) is 18.1 Å². The zero-order valence-electron chi connectivity index (χ0n) is 9.51. The molecule has 1 aromatic heterocycles. The minimum Gasteiger partial charge on any atom is -0.444 e. The largest absolute Gasteiger partial charge is 0.444 e. The van der Waals surface area contributed by atoms with E-state index in [4.69, 9.17) is 16.6 Å². The number of aromatic nitrogens is 1. The summed E-state index contributed by atoms with van der Waals surface area (Å²) in [6.45, 7) is 0.147. The van der Waals surface area contributed by atoms with Crippen LogP contribution >= 0.6 is 0 Å². The average Bonchev–Trinajstić information content (AvgIpc) is 2.86. The van der Waals surface area contributed by atoms with Gasteiger partial charge in [-0.2, -0.15) is 0 Å². The molecule has 0 unspecified atom stereocenters. The number of rotatable bonds is 3. The highest BCUT2D eigenvalue weighted by Crippen LogP contribution is 2.24. The molecule has 90 valence electrons. The van der Waals surface area contributed by atoms with Crippen molar-refractivity contribution in [3.8, 4) is 23.8 Å². The number of carbonyl (C=O) groups is 1. The predicted octanol–water partition coefficient (Wildman–Crippen LogP) is 1.29. The molecule has 0 aliphatic rings. The van der Waals surface area contributed by atoms with E-state index >= 15 is 0 Å². The van der Waals surface area contributed by atoms with Gasteiger partial charge in [0.05, 0.1) is 12.1 Å².